The second-order valence-electron chi connectivity index (χ2n) is 3.53. The van der Waals surface area contributed by atoms with Gasteiger partial charge in [-0.1, -0.05) is 0 Å². The third-order valence-corrected chi connectivity index (χ3v) is 7.82. The van der Waals surface area contributed by atoms with Crippen LogP contribution in [-0.4, -0.2) is 29.0 Å². The molecule has 92 valence electrons. The average Bonchev–Trinajstić information content (AvgIpc) is 3.11. The van der Waals surface area contributed by atoms with Crippen LogP contribution in [0.3, 0.4) is 0 Å². The molecular formula is C14H4N4Se2. The van der Waals surface area contributed by atoms with E-state index in [0.29, 0.717) is 0 Å². The first-order chi connectivity index (χ1) is 9.73. The SMILES string of the molecule is N#CC(C#N)=c1ccc(=c2ccc(=C(C#N)C#N)[se]2)[se]1. The molecule has 0 aliphatic heterocycles. The molecular weight excluding hydrogens is 382 g/mol. The van der Waals surface area contributed by atoms with Crippen LogP contribution in [0.4, 0.5) is 0 Å². The van der Waals surface area contributed by atoms with E-state index in [9.17, 15) is 0 Å². The third kappa shape index (κ3) is 2.66. The van der Waals surface area contributed by atoms with E-state index in [4.69, 9.17) is 21.0 Å². The molecule has 0 bridgehead atoms. The number of hydrogen-bond donors (Lipinski definition) is 0. The van der Waals surface area contributed by atoms with Crippen LogP contribution < -0.4 is 8.19 Å². The van der Waals surface area contributed by atoms with Gasteiger partial charge in [0, 0.05) is 0 Å². The monoisotopic (exact) mass is 388 g/mol. The van der Waals surface area contributed by atoms with Crippen LogP contribution in [0.2, 0.25) is 0 Å². The molecule has 0 fully saturated rings. The average molecular weight is 386 g/mol. The van der Waals surface area contributed by atoms with Crippen LogP contribution in [0.5, 0.6) is 0 Å². The van der Waals surface area contributed by atoms with Gasteiger partial charge in [-0.2, -0.15) is 0 Å². The van der Waals surface area contributed by atoms with Crippen LogP contribution in [0, 0.1) is 53.5 Å². The van der Waals surface area contributed by atoms with E-state index >= 15 is 0 Å². The molecule has 0 aliphatic rings. The number of rotatable bonds is 0. The fraction of sp³-hybridized carbons (Fsp3) is 0. The molecule has 2 aromatic rings. The van der Waals surface area contributed by atoms with Crippen molar-refractivity contribution >= 4 is 40.2 Å². The van der Waals surface area contributed by atoms with Crippen molar-refractivity contribution in [1.82, 2.24) is 0 Å². The van der Waals surface area contributed by atoms with Gasteiger partial charge in [0.25, 0.3) is 0 Å². The molecule has 2 heterocycles. The van der Waals surface area contributed by atoms with Crippen molar-refractivity contribution in [2.45, 2.75) is 0 Å². The molecule has 0 saturated heterocycles. The molecule has 0 aromatic carbocycles. The zero-order chi connectivity index (χ0) is 14.5. The summed E-state index contributed by atoms with van der Waals surface area (Å²) in [6, 6.07) is 15.1. The number of nitrogens with zero attached hydrogens (tertiary/aromatic N) is 4. The summed E-state index contributed by atoms with van der Waals surface area (Å²) in [6.45, 7) is 0. The number of nitriles is 4. The zero-order valence-corrected chi connectivity index (χ0v) is 13.3. The van der Waals surface area contributed by atoms with Crippen molar-refractivity contribution in [2.75, 3.05) is 0 Å². The standard InChI is InChI=1S/C14H4N4Se2/c15-5-9(6-16)11-1-3-13(19-11)14-4-2-12(20-14)10(7-17)8-18/h1-4H. The summed E-state index contributed by atoms with van der Waals surface area (Å²) in [5, 5.41) is 35.4. The van der Waals surface area contributed by atoms with Gasteiger partial charge < -0.3 is 0 Å². The normalized spacial score (nSPS) is 10.6. The van der Waals surface area contributed by atoms with Gasteiger partial charge in [0.1, 0.15) is 0 Å². The van der Waals surface area contributed by atoms with Crippen molar-refractivity contribution in [3.63, 3.8) is 0 Å². The van der Waals surface area contributed by atoms with E-state index in [1.165, 1.54) is 0 Å². The first kappa shape index (κ1) is 14.1. The molecule has 4 nitrogen and oxygen atoms in total. The van der Waals surface area contributed by atoms with Gasteiger partial charge in [0.15, 0.2) is 0 Å². The van der Waals surface area contributed by atoms with Gasteiger partial charge in [0.05, 0.1) is 0 Å². The summed E-state index contributed by atoms with van der Waals surface area (Å²) < 4.78 is 3.79. The second kappa shape index (κ2) is 6.23. The van der Waals surface area contributed by atoms with E-state index in [2.05, 4.69) is 0 Å². The Morgan fingerprint density at radius 1 is 0.650 bits per heavy atom. The summed E-state index contributed by atoms with van der Waals surface area (Å²) in [4.78, 5) is 0. The topological polar surface area (TPSA) is 95.2 Å². The molecule has 6 heteroatoms. The fourth-order valence-corrected chi connectivity index (χ4v) is 6.04. The van der Waals surface area contributed by atoms with Crippen molar-refractivity contribution < 1.29 is 0 Å². The predicted octanol–water partition coefficient (Wildman–Crippen LogP) is -0.517. The van der Waals surface area contributed by atoms with Crippen molar-refractivity contribution in [3.8, 4) is 24.3 Å². The quantitative estimate of drug-likeness (QED) is 0.570. The van der Waals surface area contributed by atoms with E-state index in [1.807, 2.05) is 48.5 Å². The van der Waals surface area contributed by atoms with E-state index in [-0.39, 0.29) is 40.2 Å². The first-order valence-electron chi connectivity index (χ1n) is 5.28. The van der Waals surface area contributed by atoms with E-state index < -0.39 is 0 Å². The maximum atomic E-state index is 8.86. The summed E-state index contributed by atoms with van der Waals surface area (Å²) >= 11 is -0.117. The Bertz CT molecular complexity index is 925. The Balaban J connectivity index is 2.84. The Kier molecular flexibility index (Phi) is 4.40. The van der Waals surface area contributed by atoms with Crippen LogP contribution in [-0.2, 0) is 0 Å². The second-order valence-corrected chi connectivity index (χ2v) is 8.07. The molecule has 0 N–H and O–H groups in total. The summed E-state index contributed by atoms with van der Waals surface area (Å²) in [7, 11) is 0. The molecule has 20 heavy (non-hydrogen) atoms. The Morgan fingerprint density at radius 2 is 1.00 bits per heavy atom. The first-order valence-corrected chi connectivity index (χ1v) is 8.71. The molecule has 2 aromatic heterocycles. The molecule has 0 unspecified atom stereocenters. The van der Waals surface area contributed by atoms with Crippen molar-refractivity contribution in [2.24, 2.45) is 0 Å². The fourth-order valence-electron chi connectivity index (χ4n) is 1.48. The van der Waals surface area contributed by atoms with Crippen LogP contribution in [0.25, 0.3) is 11.1 Å². The van der Waals surface area contributed by atoms with Crippen LogP contribution in [0.15, 0.2) is 24.3 Å². The minimum atomic E-state index is -0.0584. The van der Waals surface area contributed by atoms with Gasteiger partial charge in [-0.15, -0.1) is 0 Å². The van der Waals surface area contributed by atoms with Crippen LogP contribution in [0.1, 0.15) is 0 Å². The third-order valence-electron chi connectivity index (χ3n) is 2.39. The summed E-state index contributed by atoms with van der Waals surface area (Å²) in [5.41, 5.74) is 0.327. The van der Waals surface area contributed by atoms with Crippen LogP contribution >= 0.6 is 0 Å². The van der Waals surface area contributed by atoms with E-state index in [0.717, 1.165) is 16.4 Å². The molecule has 2 rings (SSSR count). The van der Waals surface area contributed by atoms with Gasteiger partial charge in [0.2, 0.25) is 0 Å². The maximum absolute atomic E-state index is 8.86. The Hall–Kier alpha value is -2.30. The summed E-state index contributed by atoms with van der Waals surface area (Å²) in [6.07, 6.45) is 0. The summed E-state index contributed by atoms with van der Waals surface area (Å²) in [5.74, 6) is 0. The molecule has 0 saturated carbocycles. The van der Waals surface area contributed by atoms with Gasteiger partial charge in [-0.25, -0.2) is 0 Å². The minimum absolute atomic E-state index is 0.0584. The van der Waals surface area contributed by atoms with Gasteiger partial charge >= 0.3 is 126 Å². The predicted molar refractivity (Wildman–Crippen MR) is 73.0 cm³/mol. The Labute approximate surface area is 126 Å². The van der Waals surface area contributed by atoms with Crippen molar-refractivity contribution in [3.05, 3.63) is 40.6 Å². The molecule has 0 spiro atoms. The number of hydrogen-bond acceptors (Lipinski definition) is 4. The zero-order valence-electron chi connectivity index (χ0n) is 9.91. The molecule has 0 aliphatic carbocycles. The molecule has 0 amide bonds. The molecule has 0 radical (unpaired) electrons. The molecule has 0 atom stereocenters. The van der Waals surface area contributed by atoms with Crippen molar-refractivity contribution in [1.29, 1.82) is 21.0 Å². The van der Waals surface area contributed by atoms with Gasteiger partial charge in [-0.3, -0.25) is 0 Å². The van der Waals surface area contributed by atoms with E-state index in [1.54, 1.807) is 0 Å². The Morgan fingerprint density at radius 3 is 1.30 bits per heavy atom. The van der Waals surface area contributed by atoms with Gasteiger partial charge in [-0.05, 0) is 0 Å².